The molecule has 0 fully saturated rings. The Morgan fingerprint density at radius 1 is 0.692 bits per heavy atom. The smallest absolute Gasteiger partial charge is 0.407 e. The van der Waals surface area contributed by atoms with E-state index in [2.05, 4.69) is 12.2 Å². The predicted octanol–water partition coefficient (Wildman–Crippen LogP) is 5.76. The first-order valence-electron chi connectivity index (χ1n) is 10.7. The standard InChI is InChI=1S/C21H41NO4/c1-4-6-8-9-10-11-12-13-14-15-16-18-25-20(23)19(3)22-21(24)26-17-7-5-2/h19H,4-18H2,1-3H3,(H,22,24)/t19-/m0/s1. The zero-order valence-corrected chi connectivity index (χ0v) is 17.3. The topological polar surface area (TPSA) is 64.6 Å². The summed E-state index contributed by atoms with van der Waals surface area (Å²) < 4.78 is 10.2. The number of carbonyl (C=O) groups excluding carboxylic acids is 2. The number of hydrogen-bond donors (Lipinski definition) is 1. The van der Waals surface area contributed by atoms with Crippen molar-refractivity contribution in [2.24, 2.45) is 0 Å². The lowest BCUT2D eigenvalue weighted by Crippen LogP contribution is -2.40. The lowest BCUT2D eigenvalue weighted by atomic mass is 10.1. The summed E-state index contributed by atoms with van der Waals surface area (Å²) in [6, 6.07) is -0.670. The third-order valence-electron chi connectivity index (χ3n) is 4.41. The summed E-state index contributed by atoms with van der Waals surface area (Å²) in [6.07, 6.45) is 15.1. The Labute approximate surface area is 160 Å². The number of esters is 1. The van der Waals surface area contributed by atoms with E-state index >= 15 is 0 Å². The molecule has 0 saturated carbocycles. The van der Waals surface area contributed by atoms with E-state index in [0.717, 1.165) is 25.7 Å². The average molecular weight is 372 g/mol. The van der Waals surface area contributed by atoms with Gasteiger partial charge in [0.1, 0.15) is 6.04 Å². The van der Waals surface area contributed by atoms with Crippen LogP contribution in [0.15, 0.2) is 0 Å². The maximum Gasteiger partial charge on any atom is 0.407 e. The van der Waals surface area contributed by atoms with Crippen LogP contribution in [0, 0.1) is 0 Å². The second-order valence-corrected chi connectivity index (χ2v) is 7.06. The van der Waals surface area contributed by atoms with Crippen LogP contribution in [0.2, 0.25) is 0 Å². The largest absolute Gasteiger partial charge is 0.464 e. The second kappa shape index (κ2) is 18.5. The summed E-state index contributed by atoms with van der Waals surface area (Å²) in [5.74, 6) is -0.399. The Balaban J connectivity index is 3.43. The van der Waals surface area contributed by atoms with Gasteiger partial charge in [0.15, 0.2) is 0 Å². The van der Waals surface area contributed by atoms with Gasteiger partial charge < -0.3 is 14.8 Å². The normalized spacial score (nSPS) is 11.8. The van der Waals surface area contributed by atoms with Crippen molar-refractivity contribution in [1.82, 2.24) is 5.32 Å². The van der Waals surface area contributed by atoms with Gasteiger partial charge in [0, 0.05) is 0 Å². The molecule has 0 aromatic carbocycles. The van der Waals surface area contributed by atoms with Crippen LogP contribution in [0.4, 0.5) is 4.79 Å². The van der Waals surface area contributed by atoms with Crippen LogP contribution in [0.25, 0.3) is 0 Å². The number of ether oxygens (including phenoxy) is 2. The van der Waals surface area contributed by atoms with Crippen LogP contribution in [0.1, 0.15) is 104 Å². The molecule has 154 valence electrons. The number of alkyl carbamates (subject to hydrolysis) is 1. The van der Waals surface area contributed by atoms with Gasteiger partial charge in [-0.3, -0.25) is 0 Å². The molecule has 1 N–H and O–H groups in total. The molecule has 1 amide bonds. The number of unbranched alkanes of at least 4 members (excludes halogenated alkanes) is 11. The van der Waals surface area contributed by atoms with Gasteiger partial charge >= 0.3 is 12.1 Å². The van der Waals surface area contributed by atoms with Crippen molar-refractivity contribution in [3.8, 4) is 0 Å². The Morgan fingerprint density at radius 3 is 1.69 bits per heavy atom. The van der Waals surface area contributed by atoms with E-state index in [1.54, 1.807) is 6.92 Å². The Morgan fingerprint density at radius 2 is 1.15 bits per heavy atom. The van der Waals surface area contributed by atoms with E-state index < -0.39 is 18.1 Å². The molecule has 26 heavy (non-hydrogen) atoms. The highest BCUT2D eigenvalue weighted by Crippen LogP contribution is 2.11. The van der Waals surface area contributed by atoms with Gasteiger partial charge in [-0.1, -0.05) is 84.5 Å². The molecule has 1 atom stereocenters. The van der Waals surface area contributed by atoms with Gasteiger partial charge in [0.25, 0.3) is 0 Å². The van der Waals surface area contributed by atoms with E-state index in [1.807, 2.05) is 6.92 Å². The van der Waals surface area contributed by atoms with E-state index in [0.29, 0.717) is 13.2 Å². The van der Waals surface area contributed by atoms with E-state index in [1.165, 1.54) is 57.8 Å². The third-order valence-corrected chi connectivity index (χ3v) is 4.41. The lowest BCUT2D eigenvalue weighted by Gasteiger charge is -2.13. The van der Waals surface area contributed by atoms with Crippen LogP contribution in [-0.2, 0) is 14.3 Å². The zero-order chi connectivity index (χ0) is 19.5. The number of hydrogen-bond acceptors (Lipinski definition) is 4. The molecule has 0 heterocycles. The highest BCUT2D eigenvalue weighted by Gasteiger charge is 2.17. The van der Waals surface area contributed by atoms with Crippen molar-refractivity contribution in [3.05, 3.63) is 0 Å². The first-order chi connectivity index (χ1) is 12.6. The zero-order valence-electron chi connectivity index (χ0n) is 17.3. The Hall–Kier alpha value is -1.26. The maximum absolute atomic E-state index is 11.8. The molecule has 0 bridgehead atoms. The molecular weight excluding hydrogens is 330 g/mol. The van der Waals surface area contributed by atoms with Crippen molar-refractivity contribution in [2.75, 3.05) is 13.2 Å². The molecule has 5 nitrogen and oxygen atoms in total. The molecule has 0 aliphatic rings. The van der Waals surface area contributed by atoms with E-state index in [9.17, 15) is 9.59 Å². The van der Waals surface area contributed by atoms with Crippen LogP contribution in [0.3, 0.4) is 0 Å². The van der Waals surface area contributed by atoms with E-state index in [-0.39, 0.29) is 0 Å². The SMILES string of the molecule is CCCCCCCCCCCCCOC(=O)[C@H](C)NC(=O)OCCCC. The molecule has 0 saturated heterocycles. The quantitative estimate of drug-likeness (QED) is 0.261. The first kappa shape index (κ1) is 24.7. The molecule has 0 radical (unpaired) electrons. The maximum atomic E-state index is 11.8. The number of amides is 1. The van der Waals surface area contributed by atoms with Crippen LogP contribution < -0.4 is 5.32 Å². The van der Waals surface area contributed by atoms with Crippen molar-refractivity contribution in [2.45, 2.75) is 110 Å². The summed E-state index contributed by atoms with van der Waals surface area (Å²) in [6.45, 7) is 6.69. The minimum Gasteiger partial charge on any atom is -0.464 e. The summed E-state index contributed by atoms with van der Waals surface area (Å²) in [5, 5.41) is 2.50. The van der Waals surface area contributed by atoms with Crippen LogP contribution in [0.5, 0.6) is 0 Å². The van der Waals surface area contributed by atoms with Gasteiger partial charge in [0.05, 0.1) is 13.2 Å². The summed E-state index contributed by atoms with van der Waals surface area (Å²) in [4.78, 5) is 23.3. The summed E-state index contributed by atoms with van der Waals surface area (Å²) in [7, 11) is 0. The fourth-order valence-electron chi connectivity index (χ4n) is 2.65. The van der Waals surface area contributed by atoms with Crippen molar-refractivity contribution >= 4 is 12.1 Å². The Kier molecular flexibility index (Phi) is 17.6. The number of rotatable bonds is 17. The monoisotopic (exact) mass is 371 g/mol. The summed E-state index contributed by atoms with van der Waals surface area (Å²) in [5.41, 5.74) is 0. The molecule has 0 spiro atoms. The minimum absolute atomic E-state index is 0.378. The molecule has 0 aromatic rings. The number of carbonyl (C=O) groups is 2. The summed E-state index contributed by atoms with van der Waals surface area (Å²) >= 11 is 0. The van der Waals surface area contributed by atoms with Crippen LogP contribution in [-0.4, -0.2) is 31.3 Å². The number of nitrogens with one attached hydrogen (secondary N) is 1. The van der Waals surface area contributed by atoms with Gasteiger partial charge in [0.2, 0.25) is 0 Å². The van der Waals surface area contributed by atoms with Crippen LogP contribution >= 0.6 is 0 Å². The van der Waals surface area contributed by atoms with Gasteiger partial charge in [-0.15, -0.1) is 0 Å². The third kappa shape index (κ3) is 16.2. The molecular formula is C21H41NO4. The molecule has 0 aliphatic heterocycles. The van der Waals surface area contributed by atoms with Crippen molar-refractivity contribution in [3.63, 3.8) is 0 Å². The Bertz CT molecular complexity index is 347. The molecule has 0 aliphatic carbocycles. The molecule has 5 heteroatoms. The highest BCUT2D eigenvalue weighted by atomic mass is 16.6. The molecule has 0 aromatic heterocycles. The van der Waals surface area contributed by atoms with E-state index in [4.69, 9.17) is 9.47 Å². The second-order valence-electron chi connectivity index (χ2n) is 7.06. The van der Waals surface area contributed by atoms with Crippen molar-refractivity contribution in [1.29, 1.82) is 0 Å². The fraction of sp³-hybridized carbons (Fsp3) is 0.905. The minimum atomic E-state index is -0.670. The average Bonchev–Trinajstić information content (AvgIpc) is 2.62. The molecule has 0 unspecified atom stereocenters. The van der Waals surface area contributed by atoms with Gasteiger partial charge in [-0.25, -0.2) is 9.59 Å². The highest BCUT2D eigenvalue weighted by molar-refractivity contribution is 5.80. The van der Waals surface area contributed by atoms with Gasteiger partial charge in [-0.2, -0.15) is 0 Å². The molecule has 0 rings (SSSR count). The van der Waals surface area contributed by atoms with Gasteiger partial charge in [-0.05, 0) is 19.8 Å². The van der Waals surface area contributed by atoms with Crippen molar-refractivity contribution < 1.29 is 19.1 Å². The lowest BCUT2D eigenvalue weighted by molar-refractivity contribution is -0.145. The predicted molar refractivity (Wildman–Crippen MR) is 106 cm³/mol. The first-order valence-corrected chi connectivity index (χ1v) is 10.7. The fourth-order valence-corrected chi connectivity index (χ4v) is 2.65.